The van der Waals surface area contributed by atoms with Gasteiger partial charge in [-0.2, -0.15) is 0 Å². The Morgan fingerprint density at radius 3 is 2.41 bits per heavy atom. The molecule has 0 radical (unpaired) electrons. The van der Waals surface area contributed by atoms with E-state index in [1.165, 1.54) is 23.1 Å². The van der Waals surface area contributed by atoms with Gasteiger partial charge in [-0.25, -0.2) is 0 Å². The first-order chi connectivity index (χ1) is 13.9. The average molecular weight is 400 g/mol. The zero-order valence-corrected chi connectivity index (χ0v) is 15.6. The van der Waals surface area contributed by atoms with Crippen molar-refractivity contribution in [3.63, 3.8) is 0 Å². The van der Waals surface area contributed by atoms with Crippen LogP contribution in [0.2, 0.25) is 0 Å². The fourth-order valence-electron chi connectivity index (χ4n) is 4.99. The number of benzene rings is 1. The minimum atomic E-state index is -0.704. The summed E-state index contributed by atoms with van der Waals surface area (Å²) in [4.78, 5) is 60.5. The number of imide groups is 1. The molecule has 0 aromatic heterocycles. The molecule has 1 aromatic carbocycles. The molecule has 2 aliphatic carbocycles. The first-order valence-electron chi connectivity index (χ1n) is 9.65. The van der Waals surface area contributed by atoms with Crippen molar-refractivity contribution in [1.29, 1.82) is 0 Å². The molecule has 4 rings (SSSR count). The monoisotopic (exact) mass is 400 g/mol. The van der Waals surface area contributed by atoms with E-state index < -0.39 is 23.3 Å². The summed E-state index contributed by atoms with van der Waals surface area (Å²) in [7, 11) is 0. The van der Waals surface area contributed by atoms with Crippen LogP contribution in [0.4, 0.5) is 5.69 Å². The van der Waals surface area contributed by atoms with Gasteiger partial charge in [-0.05, 0) is 31.1 Å². The summed E-state index contributed by atoms with van der Waals surface area (Å²) < 4.78 is 4.93. The second-order valence-electron chi connectivity index (χ2n) is 7.85. The first kappa shape index (κ1) is 19.2. The van der Waals surface area contributed by atoms with E-state index in [1.54, 1.807) is 0 Å². The Morgan fingerprint density at radius 2 is 1.79 bits per heavy atom. The van der Waals surface area contributed by atoms with Crippen LogP contribution < -0.4 is 0 Å². The molecular weight excluding hydrogens is 380 g/mol. The molecule has 2 saturated carbocycles. The summed E-state index contributed by atoms with van der Waals surface area (Å²) >= 11 is 0. The minimum Gasteiger partial charge on any atom is -0.457 e. The Balaban J connectivity index is 1.28. The third-order valence-corrected chi connectivity index (χ3v) is 6.30. The van der Waals surface area contributed by atoms with Crippen molar-refractivity contribution in [3.8, 4) is 0 Å². The molecule has 4 atom stereocenters. The van der Waals surface area contributed by atoms with Gasteiger partial charge in [0.05, 0.1) is 23.2 Å². The van der Waals surface area contributed by atoms with Gasteiger partial charge in [-0.15, -0.1) is 0 Å². The summed E-state index contributed by atoms with van der Waals surface area (Å²) in [5.41, 5.74) is -0.159. The van der Waals surface area contributed by atoms with Gasteiger partial charge in [0.2, 0.25) is 17.6 Å². The summed E-state index contributed by atoms with van der Waals surface area (Å²) in [6.45, 7) is -0.606. The summed E-state index contributed by atoms with van der Waals surface area (Å²) in [6.07, 6.45) is 2.73. The number of amides is 2. The lowest BCUT2D eigenvalue weighted by molar-refractivity contribution is -0.384. The maximum Gasteiger partial charge on any atom is 0.308 e. The highest BCUT2D eigenvalue weighted by Gasteiger charge is 2.60. The molecule has 1 aliphatic heterocycles. The molecule has 3 fully saturated rings. The Labute approximate surface area is 166 Å². The lowest BCUT2D eigenvalue weighted by Gasteiger charge is -2.19. The quantitative estimate of drug-likeness (QED) is 0.224. The fraction of sp³-hybridized carbons (Fsp3) is 0.500. The number of ketones is 1. The highest BCUT2D eigenvalue weighted by molar-refractivity contribution is 6.06. The topological polar surface area (TPSA) is 124 Å². The van der Waals surface area contributed by atoms with Crippen molar-refractivity contribution in [3.05, 3.63) is 39.9 Å². The lowest BCUT2D eigenvalue weighted by atomic mass is 9.81. The number of rotatable bonds is 7. The van der Waals surface area contributed by atoms with Gasteiger partial charge in [-0.3, -0.25) is 34.2 Å². The molecule has 0 unspecified atom stereocenters. The van der Waals surface area contributed by atoms with E-state index in [9.17, 15) is 29.3 Å². The molecule has 2 bridgehead atoms. The van der Waals surface area contributed by atoms with Crippen LogP contribution in [0.5, 0.6) is 0 Å². The van der Waals surface area contributed by atoms with Crippen LogP contribution in [-0.2, 0) is 19.1 Å². The molecule has 0 N–H and O–H groups in total. The van der Waals surface area contributed by atoms with E-state index in [2.05, 4.69) is 0 Å². The molecule has 9 heteroatoms. The van der Waals surface area contributed by atoms with E-state index in [4.69, 9.17) is 4.74 Å². The van der Waals surface area contributed by atoms with E-state index >= 15 is 0 Å². The van der Waals surface area contributed by atoms with Crippen molar-refractivity contribution in [2.45, 2.75) is 25.7 Å². The Bertz CT molecular complexity index is 884. The molecule has 1 saturated heterocycles. The highest BCUT2D eigenvalue weighted by atomic mass is 16.6. The Morgan fingerprint density at radius 1 is 1.14 bits per heavy atom. The van der Waals surface area contributed by atoms with E-state index in [-0.39, 0.29) is 59.7 Å². The molecule has 0 spiro atoms. The molecule has 9 nitrogen and oxygen atoms in total. The maximum atomic E-state index is 12.6. The van der Waals surface area contributed by atoms with E-state index in [0.29, 0.717) is 0 Å². The van der Waals surface area contributed by atoms with Crippen LogP contribution >= 0.6 is 0 Å². The third-order valence-electron chi connectivity index (χ3n) is 6.30. The Hall–Kier alpha value is -3.10. The number of likely N-dealkylation sites (tertiary alicyclic amines) is 1. The number of hydrogen-bond donors (Lipinski definition) is 0. The number of Topliss-reactive ketones (excluding diaryl/α,β-unsaturated/α-hetero) is 1. The van der Waals surface area contributed by atoms with Gasteiger partial charge < -0.3 is 4.74 Å². The van der Waals surface area contributed by atoms with Gasteiger partial charge in [0.15, 0.2) is 6.61 Å². The number of esters is 1. The predicted molar refractivity (Wildman–Crippen MR) is 97.5 cm³/mol. The number of nitro benzene ring substituents is 1. The summed E-state index contributed by atoms with van der Waals surface area (Å²) in [5, 5.41) is 10.8. The van der Waals surface area contributed by atoms with Crippen molar-refractivity contribution < 1.29 is 28.8 Å². The molecular formula is C20H20N2O7. The summed E-state index contributed by atoms with van der Waals surface area (Å²) in [5.74, 6) is -1.54. The normalized spacial score (nSPS) is 27.2. The number of hydrogen-bond acceptors (Lipinski definition) is 7. The maximum absolute atomic E-state index is 12.6. The smallest absolute Gasteiger partial charge is 0.308 e. The molecule has 1 aromatic rings. The standard InChI is InChI=1S/C20H20N2O7/c23-15(11-2-1-3-14(9-11)22(27)28)10-29-16(24)6-7-21-19(25)17-12-4-5-13(8-12)18(17)20(21)26/h1-3,9,12-13,17-18H,4-8,10H2/t12-,13+,17+,18-. The molecule has 2 amide bonds. The fourth-order valence-corrected chi connectivity index (χ4v) is 4.99. The molecule has 152 valence electrons. The third kappa shape index (κ3) is 3.41. The largest absolute Gasteiger partial charge is 0.457 e. The van der Waals surface area contributed by atoms with Crippen LogP contribution in [0.1, 0.15) is 36.0 Å². The van der Waals surface area contributed by atoms with Crippen molar-refractivity contribution in [1.82, 2.24) is 4.90 Å². The van der Waals surface area contributed by atoms with Gasteiger partial charge in [0, 0.05) is 24.2 Å². The minimum absolute atomic E-state index is 0.0477. The van der Waals surface area contributed by atoms with Crippen LogP contribution in [-0.4, -0.2) is 46.5 Å². The van der Waals surface area contributed by atoms with Gasteiger partial charge in [0.1, 0.15) is 0 Å². The molecule has 3 aliphatic rings. The Kier molecular flexibility index (Phi) is 4.89. The van der Waals surface area contributed by atoms with Gasteiger partial charge in [-0.1, -0.05) is 12.1 Å². The van der Waals surface area contributed by atoms with Crippen molar-refractivity contribution >= 4 is 29.3 Å². The summed E-state index contributed by atoms with van der Waals surface area (Å²) in [6, 6.07) is 5.15. The number of carbonyl (C=O) groups excluding carboxylic acids is 4. The zero-order chi connectivity index (χ0) is 20.7. The lowest BCUT2D eigenvalue weighted by Crippen LogP contribution is -2.35. The van der Waals surface area contributed by atoms with E-state index in [0.717, 1.165) is 25.3 Å². The van der Waals surface area contributed by atoms with E-state index in [1.807, 2.05) is 0 Å². The van der Waals surface area contributed by atoms with Crippen molar-refractivity contribution in [2.24, 2.45) is 23.7 Å². The average Bonchev–Trinajstić information content (AvgIpc) is 3.39. The predicted octanol–water partition coefficient (Wildman–Crippen LogP) is 1.74. The van der Waals surface area contributed by atoms with Crippen LogP contribution in [0.25, 0.3) is 0 Å². The number of nitrogens with zero attached hydrogens (tertiary/aromatic N) is 2. The number of non-ortho nitro benzene ring substituents is 1. The van der Waals surface area contributed by atoms with Crippen LogP contribution in [0, 0.1) is 33.8 Å². The SMILES string of the molecule is O=C(CCN1C(=O)[C@@H]2[C@H]3CC[C@H](C3)[C@@H]2C1=O)OCC(=O)c1cccc([N+](=O)[O-])c1. The number of carbonyl (C=O) groups is 4. The van der Waals surface area contributed by atoms with Crippen LogP contribution in [0.3, 0.4) is 0 Å². The molecule has 29 heavy (non-hydrogen) atoms. The van der Waals surface area contributed by atoms with Gasteiger partial charge >= 0.3 is 5.97 Å². The zero-order valence-electron chi connectivity index (χ0n) is 15.6. The first-order valence-corrected chi connectivity index (χ1v) is 9.65. The van der Waals surface area contributed by atoms with Crippen LogP contribution in [0.15, 0.2) is 24.3 Å². The number of ether oxygens (including phenoxy) is 1. The number of nitro groups is 1. The van der Waals surface area contributed by atoms with Crippen molar-refractivity contribution in [2.75, 3.05) is 13.2 Å². The second-order valence-corrected chi connectivity index (χ2v) is 7.85. The van der Waals surface area contributed by atoms with Gasteiger partial charge in [0.25, 0.3) is 5.69 Å². The molecule has 1 heterocycles. The number of fused-ring (bicyclic) bond motifs is 5. The highest BCUT2D eigenvalue weighted by Crippen LogP contribution is 2.56. The second kappa shape index (κ2) is 7.38.